The number of carboxylic acids is 1. The molecule has 20 heavy (non-hydrogen) atoms. The number of carboxylic acid groups (broad SMARTS) is 1. The van der Waals surface area contributed by atoms with E-state index in [9.17, 15) is 9.59 Å². The number of hydrogen-bond donors (Lipinski definition) is 3. The normalized spacial score (nSPS) is 11.6. The van der Waals surface area contributed by atoms with Crippen LogP contribution in [0.25, 0.3) is 0 Å². The molecule has 0 fully saturated rings. The second kappa shape index (κ2) is 7.34. The van der Waals surface area contributed by atoms with Crippen molar-refractivity contribution in [2.75, 3.05) is 20.8 Å². The molecule has 0 aromatic heterocycles. The van der Waals surface area contributed by atoms with Crippen LogP contribution in [0.15, 0.2) is 18.2 Å². The first-order valence-electron chi connectivity index (χ1n) is 5.90. The molecule has 0 bridgehead atoms. The Kier molecular flexibility index (Phi) is 5.79. The van der Waals surface area contributed by atoms with Gasteiger partial charge in [0.2, 0.25) is 0 Å². The molecule has 0 aliphatic rings. The van der Waals surface area contributed by atoms with Crippen molar-refractivity contribution in [1.82, 2.24) is 5.32 Å². The Balaban J connectivity index is 2.97. The lowest BCUT2D eigenvalue weighted by molar-refractivity contribution is -0.139. The number of carbonyl (C=O) groups excluding carboxylic acids is 1. The van der Waals surface area contributed by atoms with Crippen LogP contribution in [-0.2, 0) is 4.79 Å². The lowest BCUT2D eigenvalue weighted by atomic mass is 10.1. The Morgan fingerprint density at radius 1 is 1.30 bits per heavy atom. The molecule has 0 heterocycles. The van der Waals surface area contributed by atoms with E-state index in [-0.39, 0.29) is 18.6 Å². The van der Waals surface area contributed by atoms with Crippen molar-refractivity contribution >= 4 is 11.9 Å². The maximum Gasteiger partial charge on any atom is 0.326 e. The standard InChI is InChI=1S/C13H17NO6/c1-19-8-3-4-11(20-2)9(7-8)12(16)14-10(5-6-15)13(17)18/h3-4,7,10,15H,5-6H2,1-2H3,(H,14,16)(H,17,18)/t10-/m1/s1. The molecule has 7 heteroatoms. The fraction of sp³-hybridized carbons (Fsp3) is 0.385. The predicted molar refractivity (Wildman–Crippen MR) is 70.1 cm³/mol. The second-order valence-corrected chi connectivity index (χ2v) is 3.94. The van der Waals surface area contributed by atoms with Gasteiger partial charge in [-0.25, -0.2) is 4.79 Å². The SMILES string of the molecule is COc1ccc(OC)c(C(=O)N[C@H](CCO)C(=O)O)c1. The van der Waals surface area contributed by atoms with Gasteiger partial charge in [0.1, 0.15) is 17.5 Å². The number of carbonyl (C=O) groups is 2. The van der Waals surface area contributed by atoms with Crippen molar-refractivity contribution in [3.8, 4) is 11.5 Å². The van der Waals surface area contributed by atoms with Crippen LogP contribution in [0.1, 0.15) is 16.8 Å². The quantitative estimate of drug-likeness (QED) is 0.663. The van der Waals surface area contributed by atoms with E-state index in [0.717, 1.165) is 0 Å². The molecule has 0 aliphatic carbocycles. The number of aliphatic hydroxyl groups is 1. The molecular formula is C13H17NO6. The number of aliphatic carboxylic acids is 1. The molecule has 0 aliphatic heterocycles. The van der Waals surface area contributed by atoms with Gasteiger partial charge in [0.15, 0.2) is 0 Å². The average Bonchev–Trinajstić information content (AvgIpc) is 2.45. The molecule has 7 nitrogen and oxygen atoms in total. The molecule has 1 rings (SSSR count). The van der Waals surface area contributed by atoms with Gasteiger partial charge in [-0.15, -0.1) is 0 Å². The van der Waals surface area contributed by atoms with E-state index in [1.165, 1.54) is 20.3 Å². The summed E-state index contributed by atoms with van der Waals surface area (Å²) in [4.78, 5) is 23.0. The number of ether oxygens (including phenoxy) is 2. The minimum atomic E-state index is -1.21. The van der Waals surface area contributed by atoms with Crippen molar-refractivity contribution in [2.24, 2.45) is 0 Å². The summed E-state index contributed by atoms with van der Waals surface area (Å²) in [5.74, 6) is -1.07. The summed E-state index contributed by atoms with van der Waals surface area (Å²) in [6.07, 6.45) is -0.0760. The highest BCUT2D eigenvalue weighted by molar-refractivity contribution is 5.99. The molecular weight excluding hydrogens is 266 g/mol. The molecule has 0 radical (unpaired) electrons. The Bertz CT molecular complexity index is 488. The maximum atomic E-state index is 12.1. The van der Waals surface area contributed by atoms with Crippen LogP contribution >= 0.6 is 0 Å². The first-order chi connectivity index (χ1) is 9.53. The molecule has 0 saturated heterocycles. The van der Waals surface area contributed by atoms with Crippen LogP contribution in [-0.4, -0.2) is 49.0 Å². The van der Waals surface area contributed by atoms with Gasteiger partial charge < -0.3 is 25.0 Å². The van der Waals surface area contributed by atoms with E-state index in [4.69, 9.17) is 19.7 Å². The number of amides is 1. The molecule has 1 atom stereocenters. The van der Waals surface area contributed by atoms with Gasteiger partial charge in [-0.05, 0) is 18.2 Å². The van der Waals surface area contributed by atoms with E-state index in [0.29, 0.717) is 11.5 Å². The summed E-state index contributed by atoms with van der Waals surface area (Å²) in [6, 6.07) is 3.46. The van der Waals surface area contributed by atoms with Gasteiger partial charge >= 0.3 is 5.97 Å². The molecule has 0 unspecified atom stereocenters. The van der Waals surface area contributed by atoms with E-state index >= 15 is 0 Å². The van der Waals surface area contributed by atoms with Gasteiger partial charge in [-0.3, -0.25) is 4.79 Å². The molecule has 1 aromatic rings. The zero-order chi connectivity index (χ0) is 15.1. The van der Waals surface area contributed by atoms with E-state index in [1.54, 1.807) is 12.1 Å². The number of aliphatic hydroxyl groups excluding tert-OH is 1. The van der Waals surface area contributed by atoms with E-state index < -0.39 is 17.9 Å². The summed E-state index contributed by atoms with van der Waals surface area (Å²) >= 11 is 0. The Morgan fingerprint density at radius 3 is 2.50 bits per heavy atom. The third-order valence-corrected chi connectivity index (χ3v) is 2.67. The number of benzene rings is 1. The van der Waals surface area contributed by atoms with Gasteiger partial charge in [0, 0.05) is 13.0 Å². The smallest absolute Gasteiger partial charge is 0.326 e. The highest BCUT2D eigenvalue weighted by Gasteiger charge is 2.22. The van der Waals surface area contributed by atoms with Crippen LogP contribution in [0, 0.1) is 0 Å². The summed E-state index contributed by atoms with van der Waals surface area (Å²) < 4.78 is 10.1. The van der Waals surface area contributed by atoms with Crippen molar-refractivity contribution in [1.29, 1.82) is 0 Å². The Hall–Kier alpha value is -2.28. The molecule has 1 amide bonds. The molecule has 3 N–H and O–H groups in total. The summed E-state index contributed by atoms with van der Waals surface area (Å²) in [6.45, 7) is -0.341. The maximum absolute atomic E-state index is 12.1. The summed E-state index contributed by atoms with van der Waals surface area (Å²) in [5, 5.41) is 20.1. The first-order valence-corrected chi connectivity index (χ1v) is 5.90. The van der Waals surface area contributed by atoms with Crippen LogP contribution in [0.2, 0.25) is 0 Å². The molecule has 0 spiro atoms. The summed E-state index contributed by atoms with van der Waals surface area (Å²) in [7, 11) is 2.86. The number of rotatable bonds is 7. The fourth-order valence-electron chi connectivity index (χ4n) is 1.61. The third-order valence-electron chi connectivity index (χ3n) is 2.67. The predicted octanol–water partition coefficient (Wildman–Crippen LogP) is 0.269. The van der Waals surface area contributed by atoms with Crippen LogP contribution < -0.4 is 14.8 Å². The summed E-state index contributed by atoms with van der Waals surface area (Å²) in [5.41, 5.74) is 0.163. The number of methoxy groups -OCH3 is 2. The lowest BCUT2D eigenvalue weighted by Gasteiger charge is -2.15. The minimum absolute atomic E-state index is 0.0760. The second-order valence-electron chi connectivity index (χ2n) is 3.94. The van der Waals surface area contributed by atoms with E-state index in [2.05, 4.69) is 5.32 Å². The largest absolute Gasteiger partial charge is 0.497 e. The third kappa shape index (κ3) is 3.86. The van der Waals surface area contributed by atoms with E-state index in [1.807, 2.05) is 0 Å². The topological polar surface area (TPSA) is 105 Å². The Labute approximate surface area is 116 Å². The zero-order valence-electron chi connectivity index (χ0n) is 11.3. The van der Waals surface area contributed by atoms with Crippen LogP contribution in [0.4, 0.5) is 0 Å². The molecule has 0 saturated carbocycles. The monoisotopic (exact) mass is 283 g/mol. The van der Waals surface area contributed by atoms with Crippen LogP contribution in [0.5, 0.6) is 11.5 Å². The minimum Gasteiger partial charge on any atom is -0.497 e. The van der Waals surface area contributed by atoms with Crippen molar-refractivity contribution in [2.45, 2.75) is 12.5 Å². The average molecular weight is 283 g/mol. The van der Waals surface area contributed by atoms with Gasteiger partial charge in [0.05, 0.1) is 19.8 Å². The zero-order valence-corrected chi connectivity index (χ0v) is 11.3. The number of nitrogens with one attached hydrogen (secondary N) is 1. The molecule has 110 valence electrons. The highest BCUT2D eigenvalue weighted by atomic mass is 16.5. The highest BCUT2D eigenvalue weighted by Crippen LogP contribution is 2.23. The van der Waals surface area contributed by atoms with Crippen molar-refractivity contribution in [3.63, 3.8) is 0 Å². The van der Waals surface area contributed by atoms with Crippen molar-refractivity contribution in [3.05, 3.63) is 23.8 Å². The number of hydrogen-bond acceptors (Lipinski definition) is 5. The molecule has 1 aromatic carbocycles. The van der Waals surface area contributed by atoms with Gasteiger partial charge in [-0.1, -0.05) is 0 Å². The fourth-order valence-corrected chi connectivity index (χ4v) is 1.61. The van der Waals surface area contributed by atoms with Crippen molar-refractivity contribution < 1.29 is 29.3 Å². The van der Waals surface area contributed by atoms with Gasteiger partial charge in [-0.2, -0.15) is 0 Å². The van der Waals surface area contributed by atoms with Gasteiger partial charge in [0.25, 0.3) is 5.91 Å². The lowest BCUT2D eigenvalue weighted by Crippen LogP contribution is -2.41. The van der Waals surface area contributed by atoms with Crippen LogP contribution in [0.3, 0.4) is 0 Å². The first kappa shape index (κ1) is 15.8. The Morgan fingerprint density at radius 2 is 2.00 bits per heavy atom.